The van der Waals surface area contributed by atoms with Gasteiger partial charge in [-0.15, -0.1) is 0 Å². The Kier molecular flexibility index (Phi) is 4.21. The quantitative estimate of drug-likeness (QED) is 0.623. The van der Waals surface area contributed by atoms with Crippen LogP contribution in [0.2, 0.25) is 0 Å². The largest absolute Gasteiger partial charge is 0.472 e. The Morgan fingerprint density at radius 2 is 1.91 bits per heavy atom. The van der Waals surface area contributed by atoms with Crippen molar-refractivity contribution in [1.82, 2.24) is 0 Å². The van der Waals surface area contributed by atoms with Crippen molar-refractivity contribution in [3.8, 4) is 0 Å². The van der Waals surface area contributed by atoms with Crippen LogP contribution < -0.4 is 0 Å². The van der Waals surface area contributed by atoms with Crippen LogP contribution >= 0.6 is 7.82 Å². The molecule has 0 saturated heterocycles. The third kappa shape index (κ3) is 4.50. The van der Waals surface area contributed by atoms with Gasteiger partial charge in [0.15, 0.2) is 0 Å². The van der Waals surface area contributed by atoms with Gasteiger partial charge in [-0.05, 0) is 13.8 Å². The van der Waals surface area contributed by atoms with Crippen LogP contribution in [0.1, 0.15) is 13.8 Å². The fourth-order valence-corrected chi connectivity index (χ4v) is 1.02. The highest BCUT2D eigenvalue weighted by Crippen LogP contribution is 2.43. The van der Waals surface area contributed by atoms with Gasteiger partial charge in [-0.2, -0.15) is 0 Å². The van der Waals surface area contributed by atoms with E-state index in [2.05, 4.69) is 9.05 Å². The zero-order valence-corrected chi connectivity index (χ0v) is 7.62. The van der Waals surface area contributed by atoms with E-state index in [1.807, 2.05) is 0 Å². The lowest BCUT2D eigenvalue weighted by Gasteiger charge is -2.17. The molecule has 0 amide bonds. The fraction of sp³-hybridized carbons (Fsp3) is 1.00. The van der Waals surface area contributed by atoms with Gasteiger partial charge in [0.25, 0.3) is 0 Å². The number of phosphoric ester groups is 1. The minimum atomic E-state index is -3.94. The zero-order chi connectivity index (χ0) is 9.07. The molecule has 0 aliphatic rings. The molecule has 0 aromatic heterocycles. The summed E-state index contributed by atoms with van der Waals surface area (Å²) in [5.41, 5.74) is 0. The number of hydrogen-bond acceptors (Lipinski definition) is 4. The molecule has 0 aliphatic carbocycles. The average molecular weight is 184 g/mol. The molecule has 0 rings (SSSR count). The van der Waals surface area contributed by atoms with Gasteiger partial charge in [-0.25, -0.2) is 4.57 Å². The Morgan fingerprint density at radius 3 is 2.18 bits per heavy atom. The first-order valence-electron chi connectivity index (χ1n) is 3.14. The maximum atomic E-state index is 10.7. The van der Waals surface area contributed by atoms with Crippen molar-refractivity contribution in [3.05, 3.63) is 0 Å². The monoisotopic (exact) mass is 184 g/mol. The maximum Gasteiger partial charge on any atom is 0.472 e. The molecule has 0 heterocycles. The van der Waals surface area contributed by atoms with Crippen molar-refractivity contribution in [1.29, 1.82) is 0 Å². The molecule has 68 valence electrons. The van der Waals surface area contributed by atoms with E-state index in [9.17, 15) is 4.57 Å². The summed E-state index contributed by atoms with van der Waals surface area (Å²) in [4.78, 5) is 8.74. The van der Waals surface area contributed by atoms with Crippen LogP contribution in [0.3, 0.4) is 0 Å². The summed E-state index contributed by atoms with van der Waals surface area (Å²) in [6.07, 6.45) is -1.52. The van der Waals surface area contributed by atoms with Gasteiger partial charge in [-0.1, -0.05) is 0 Å². The SMILES string of the molecule is COP(=O)(O)OC(C)C(C)O. The zero-order valence-electron chi connectivity index (χ0n) is 6.72. The van der Waals surface area contributed by atoms with Crippen molar-refractivity contribution >= 4 is 7.82 Å². The van der Waals surface area contributed by atoms with Gasteiger partial charge in [0.2, 0.25) is 0 Å². The predicted octanol–water partition coefficient (Wildman–Crippen LogP) is 0.519. The Morgan fingerprint density at radius 1 is 1.45 bits per heavy atom. The minimum Gasteiger partial charge on any atom is -0.391 e. The van der Waals surface area contributed by atoms with E-state index in [-0.39, 0.29) is 0 Å². The molecule has 5 nitrogen and oxygen atoms in total. The first-order valence-corrected chi connectivity index (χ1v) is 4.63. The number of phosphoric acid groups is 1. The molecule has 3 atom stereocenters. The summed E-state index contributed by atoms with van der Waals surface area (Å²) in [7, 11) is -2.88. The number of hydrogen-bond donors (Lipinski definition) is 2. The molecule has 0 aliphatic heterocycles. The second kappa shape index (κ2) is 4.18. The topological polar surface area (TPSA) is 76.0 Å². The Hall–Kier alpha value is 0.0700. The van der Waals surface area contributed by atoms with Crippen molar-refractivity contribution in [2.24, 2.45) is 0 Å². The second-order valence-corrected chi connectivity index (χ2v) is 3.72. The Labute approximate surface area is 65.6 Å². The third-order valence-corrected chi connectivity index (χ3v) is 2.27. The summed E-state index contributed by atoms with van der Waals surface area (Å²) in [5, 5.41) is 8.87. The van der Waals surface area contributed by atoms with E-state index in [1.165, 1.54) is 13.8 Å². The first kappa shape index (κ1) is 11.1. The molecule has 0 saturated carbocycles. The first-order chi connectivity index (χ1) is 4.89. The van der Waals surface area contributed by atoms with Gasteiger partial charge in [-0.3, -0.25) is 9.05 Å². The lowest BCUT2D eigenvalue weighted by molar-refractivity contribution is 0.0340. The van der Waals surface area contributed by atoms with Crippen LogP contribution in [0, 0.1) is 0 Å². The van der Waals surface area contributed by atoms with Crippen molar-refractivity contribution in [2.75, 3.05) is 7.11 Å². The van der Waals surface area contributed by atoms with E-state index >= 15 is 0 Å². The summed E-state index contributed by atoms with van der Waals surface area (Å²) >= 11 is 0. The number of rotatable bonds is 4. The van der Waals surface area contributed by atoms with Gasteiger partial charge in [0.1, 0.15) is 0 Å². The van der Waals surface area contributed by atoms with Crippen LogP contribution in [0.25, 0.3) is 0 Å². The van der Waals surface area contributed by atoms with E-state index in [0.29, 0.717) is 0 Å². The van der Waals surface area contributed by atoms with Crippen LogP contribution in [0.5, 0.6) is 0 Å². The lowest BCUT2D eigenvalue weighted by Crippen LogP contribution is -2.21. The predicted molar refractivity (Wildman–Crippen MR) is 39.1 cm³/mol. The molecule has 0 aromatic carbocycles. The van der Waals surface area contributed by atoms with Crippen LogP contribution in [0.4, 0.5) is 0 Å². The highest BCUT2D eigenvalue weighted by Gasteiger charge is 2.24. The normalized spacial score (nSPS) is 22.3. The van der Waals surface area contributed by atoms with Gasteiger partial charge in [0.05, 0.1) is 12.2 Å². The molecule has 0 spiro atoms. The van der Waals surface area contributed by atoms with Crippen LogP contribution in [-0.2, 0) is 13.6 Å². The van der Waals surface area contributed by atoms with E-state index in [0.717, 1.165) is 7.11 Å². The standard InChI is InChI=1S/C5H13O5P/c1-4(6)5(2)10-11(7,8)9-3/h4-6H,1-3H3,(H,7,8). The summed E-state index contributed by atoms with van der Waals surface area (Å²) in [6.45, 7) is 2.94. The third-order valence-electron chi connectivity index (χ3n) is 1.21. The van der Waals surface area contributed by atoms with E-state index in [4.69, 9.17) is 10.00 Å². The van der Waals surface area contributed by atoms with Crippen molar-refractivity contribution < 1.29 is 23.6 Å². The van der Waals surface area contributed by atoms with Gasteiger partial charge in [0, 0.05) is 7.11 Å². The van der Waals surface area contributed by atoms with Crippen LogP contribution in [0.15, 0.2) is 0 Å². The van der Waals surface area contributed by atoms with Crippen molar-refractivity contribution in [3.63, 3.8) is 0 Å². The molecule has 6 heteroatoms. The molecular formula is C5H13O5P. The van der Waals surface area contributed by atoms with Gasteiger partial charge < -0.3 is 10.00 Å². The van der Waals surface area contributed by atoms with Gasteiger partial charge >= 0.3 is 7.82 Å². The molecule has 0 aromatic rings. The van der Waals surface area contributed by atoms with Crippen LogP contribution in [-0.4, -0.2) is 29.3 Å². The van der Waals surface area contributed by atoms with E-state index < -0.39 is 20.0 Å². The minimum absolute atomic E-state index is 0.717. The maximum absolute atomic E-state index is 10.7. The molecule has 3 unspecified atom stereocenters. The molecule has 2 N–H and O–H groups in total. The summed E-state index contributed by atoms with van der Waals surface area (Å²) in [6, 6.07) is 0. The second-order valence-electron chi connectivity index (χ2n) is 2.20. The summed E-state index contributed by atoms with van der Waals surface area (Å²) < 4.78 is 19.3. The average Bonchev–Trinajstić information content (AvgIpc) is 1.87. The molecule has 0 fully saturated rings. The molecule has 0 bridgehead atoms. The van der Waals surface area contributed by atoms with Crippen molar-refractivity contribution in [2.45, 2.75) is 26.1 Å². The number of aliphatic hydroxyl groups is 1. The molecule has 11 heavy (non-hydrogen) atoms. The number of aliphatic hydroxyl groups excluding tert-OH is 1. The van der Waals surface area contributed by atoms with E-state index in [1.54, 1.807) is 0 Å². The highest BCUT2D eigenvalue weighted by molar-refractivity contribution is 7.47. The summed E-state index contributed by atoms with van der Waals surface area (Å²) in [5.74, 6) is 0. The Balaban J connectivity index is 3.94. The smallest absolute Gasteiger partial charge is 0.391 e. The molecule has 0 radical (unpaired) electrons. The lowest BCUT2D eigenvalue weighted by atomic mass is 10.3. The fourth-order valence-electron chi connectivity index (χ4n) is 0.341. The molecular weight excluding hydrogens is 171 g/mol. The Bertz CT molecular complexity index is 157. The highest BCUT2D eigenvalue weighted by atomic mass is 31.2.